The average molecular weight is 265 g/mol. The molecule has 0 radical (unpaired) electrons. The second-order valence-corrected chi connectivity index (χ2v) is 4.15. The summed E-state index contributed by atoms with van der Waals surface area (Å²) >= 11 is 0. The Morgan fingerprint density at radius 2 is 1.50 bits per heavy atom. The van der Waals surface area contributed by atoms with Crippen LogP contribution in [0.5, 0.6) is 0 Å². The van der Waals surface area contributed by atoms with Crippen molar-refractivity contribution in [3.63, 3.8) is 0 Å². The normalized spacial score (nSPS) is 11.1. The van der Waals surface area contributed by atoms with Gasteiger partial charge in [-0.15, -0.1) is 0 Å². The summed E-state index contributed by atoms with van der Waals surface area (Å²) in [6.45, 7) is 8.11. The summed E-state index contributed by atoms with van der Waals surface area (Å²) in [4.78, 5) is 4.56. The highest BCUT2D eigenvalue weighted by Gasteiger charge is 1.97. The SMILES string of the molecule is C/C=C(\C=Nc1ccccc1C)c1ccccc1.CC. The first-order chi connectivity index (χ1) is 9.81. The van der Waals surface area contributed by atoms with Crippen molar-refractivity contribution in [3.05, 3.63) is 71.8 Å². The van der Waals surface area contributed by atoms with Gasteiger partial charge in [0.25, 0.3) is 0 Å². The van der Waals surface area contributed by atoms with Gasteiger partial charge in [0.2, 0.25) is 0 Å². The molecular formula is C19H23N. The van der Waals surface area contributed by atoms with E-state index in [1.165, 1.54) is 11.1 Å². The van der Waals surface area contributed by atoms with Crippen molar-refractivity contribution >= 4 is 17.5 Å². The predicted octanol–water partition coefficient (Wildman–Crippen LogP) is 5.83. The highest BCUT2D eigenvalue weighted by molar-refractivity contribution is 6.10. The van der Waals surface area contributed by atoms with E-state index in [2.05, 4.69) is 36.2 Å². The standard InChI is InChI=1S/C17H17N.C2H6/c1-3-15(16-10-5-4-6-11-16)13-18-17-12-8-7-9-14(17)2;1-2/h3-13H,1-2H3;1-2H3/b15-3+,18-13?;. The minimum absolute atomic E-state index is 1.02. The van der Waals surface area contributed by atoms with Crippen molar-refractivity contribution in [1.82, 2.24) is 0 Å². The molecule has 0 aliphatic heterocycles. The molecule has 2 aromatic rings. The molecule has 0 aromatic heterocycles. The van der Waals surface area contributed by atoms with Gasteiger partial charge >= 0.3 is 0 Å². The maximum absolute atomic E-state index is 4.56. The number of nitrogens with zero attached hydrogens (tertiary/aromatic N) is 1. The Labute approximate surface area is 122 Å². The largest absolute Gasteiger partial charge is 0.256 e. The van der Waals surface area contributed by atoms with Crippen LogP contribution in [-0.2, 0) is 0 Å². The van der Waals surface area contributed by atoms with Crippen molar-refractivity contribution in [2.45, 2.75) is 27.7 Å². The van der Waals surface area contributed by atoms with Crippen LogP contribution in [0.25, 0.3) is 5.57 Å². The summed E-state index contributed by atoms with van der Waals surface area (Å²) in [5, 5.41) is 0. The summed E-state index contributed by atoms with van der Waals surface area (Å²) in [6, 6.07) is 18.4. The number of para-hydroxylation sites is 1. The van der Waals surface area contributed by atoms with E-state index in [-0.39, 0.29) is 0 Å². The van der Waals surface area contributed by atoms with Gasteiger partial charge in [0.15, 0.2) is 0 Å². The topological polar surface area (TPSA) is 12.4 Å². The summed E-state index contributed by atoms with van der Waals surface area (Å²) in [7, 11) is 0. The molecule has 0 heterocycles. The van der Waals surface area contributed by atoms with Crippen LogP contribution in [0, 0.1) is 6.92 Å². The Bertz CT molecular complexity index is 565. The Morgan fingerprint density at radius 1 is 0.900 bits per heavy atom. The summed E-state index contributed by atoms with van der Waals surface area (Å²) in [6.07, 6.45) is 4.01. The quantitative estimate of drug-likeness (QED) is 0.619. The first kappa shape index (κ1) is 15.9. The van der Waals surface area contributed by atoms with E-state index in [0.717, 1.165) is 11.3 Å². The van der Waals surface area contributed by atoms with E-state index in [1.54, 1.807) is 0 Å². The third-order valence-corrected chi connectivity index (χ3v) is 2.88. The van der Waals surface area contributed by atoms with E-state index in [9.17, 15) is 0 Å². The molecule has 0 saturated carbocycles. The van der Waals surface area contributed by atoms with Gasteiger partial charge in [0.05, 0.1) is 5.69 Å². The van der Waals surface area contributed by atoms with Gasteiger partial charge in [0.1, 0.15) is 0 Å². The van der Waals surface area contributed by atoms with Crippen LogP contribution in [0.2, 0.25) is 0 Å². The van der Waals surface area contributed by atoms with Crippen molar-refractivity contribution < 1.29 is 0 Å². The maximum atomic E-state index is 4.56. The van der Waals surface area contributed by atoms with Gasteiger partial charge in [0, 0.05) is 6.21 Å². The molecule has 1 heteroatoms. The number of aliphatic imine (C=N–C) groups is 1. The van der Waals surface area contributed by atoms with Gasteiger partial charge in [-0.25, -0.2) is 0 Å². The number of benzene rings is 2. The number of allylic oxidation sites excluding steroid dienone is 2. The second-order valence-electron chi connectivity index (χ2n) is 4.15. The Balaban J connectivity index is 0.000000956. The zero-order valence-corrected chi connectivity index (χ0v) is 12.8. The number of hydrogen-bond donors (Lipinski definition) is 0. The molecule has 2 aromatic carbocycles. The number of aryl methyl sites for hydroxylation is 1. The van der Waals surface area contributed by atoms with Crippen LogP contribution in [-0.4, -0.2) is 6.21 Å². The first-order valence-electron chi connectivity index (χ1n) is 7.12. The summed E-state index contributed by atoms with van der Waals surface area (Å²) < 4.78 is 0. The lowest BCUT2D eigenvalue weighted by Gasteiger charge is -2.02. The van der Waals surface area contributed by atoms with Crippen molar-refractivity contribution in [2.75, 3.05) is 0 Å². The highest BCUT2D eigenvalue weighted by Crippen LogP contribution is 2.19. The first-order valence-corrected chi connectivity index (χ1v) is 7.12. The van der Waals surface area contributed by atoms with Crippen LogP contribution in [0.15, 0.2) is 65.7 Å². The zero-order chi connectivity index (χ0) is 14.8. The van der Waals surface area contributed by atoms with Crippen LogP contribution in [0.3, 0.4) is 0 Å². The predicted molar refractivity (Wildman–Crippen MR) is 90.8 cm³/mol. The van der Waals surface area contributed by atoms with Crippen LogP contribution < -0.4 is 0 Å². The Hall–Kier alpha value is -2.15. The molecule has 0 fully saturated rings. The molecule has 0 atom stereocenters. The highest BCUT2D eigenvalue weighted by atomic mass is 14.7. The molecular weight excluding hydrogens is 242 g/mol. The fourth-order valence-electron chi connectivity index (χ4n) is 1.79. The molecule has 0 spiro atoms. The minimum atomic E-state index is 1.02. The Kier molecular flexibility index (Phi) is 7.05. The molecule has 20 heavy (non-hydrogen) atoms. The fraction of sp³-hybridized carbons (Fsp3) is 0.211. The van der Waals surface area contributed by atoms with Gasteiger partial charge in [-0.2, -0.15) is 0 Å². The molecule has 0 N–H and O–H groups in total. The molecule has 2 rings (SSSR count). The van der Waals surface area contributed by atoms with E-state index < -0.39 is 0 Å². The van der Waals surface area contributed by atoms with Crippen molar-refractivity contribution in [2.24, 2.45) is 4.99 Å². The average Bonchev–Trinajstić information content (AvgIpc) is 2.53. The fourth-order valence-corrected chi connectivity index (χ4v) is 1.79. The molecule has 1 nitrogen and oxygen atoms in total. The third-order valence-electron chi connectivity index (χ3n) is 2.88. The monoisotopic (exact) mass is 265 g/mol. The Morgan fingerprint density at radius 3 is 2.10 bits per heavy atom. The van der Waals surface area contributed by atoms with E-state index in [0.29, 0.717) is 0 Å². The van der Waals surface area contributed by atoms with Crippen molar-refractivity contribution in [1.29, 1.82) is 0 Å². The van der Waals surface area contributed by atoms with Gasteiger partial charge in [-0.3, -0.25) is 4.99 Å². The summed E-state index contributed by atoms with van der Waals surface area (Å²) in [5.74, 6) is 0. The van der Waals surface area contributed by atoms with E-state index in [4.69, 9.17) is 0 Å². The molecule has 0 unspecified atom stereocenters. The molecule has 0 amide bonds. The van der Waals surface area contributed by atoms with E-state index in [1.807, 2.05) is 63.4 Å². The lowest BCUT2D eigenvalue weighted by molar-refractivity contribution is 1.41. The molecule has 0 saturated heterocycles. The molecule has 0 aliphatic carbocycles. The number of hydrogen-bond acceptors (Lipinski definition) is 1. The minimum Gasteiger partial charge on any atom is -0.256 e. The van der Waals surface area contributed by atoms with Crippen LogP contribution >= 0.6 is 0 Å². The summed E-state index contributed by atoms with van der Waals surface area (Å²) in [5.41, 5.74) is 4.54. The lowest BCUT2D eigenvalue weighted by Crippen LogP contribution is -1.85. The van der Waals surface area contributed by atoms with Gasteiger partial charge in [-0.05, 0) is 36.6 Å². The van der Waals surface area contributed by atoms with Crippen LogP contribution in [0.1, 0.15) is 31.9 Å². The third kappa shape index (κ3) is 4.51. The van der Waals surface area contributed by atoms with Gasteiger partial charge < -0.3 is 0 Å². The second kappa shape index (κ2) is 8.87. The van der Waals surface area contributed by atoms with Crippen LogP contribution in [0.4, 0.5) is 5.69 Å². The molecule has 0 bridgehead atoms. The zero-order valence-electron chi connectivity index (χ0n) is 12.8. The van der Waals surface area contributed by atoms with E-state index >= 15 is 0 Å². The smallest absolute Gasteiger partial charge is 0.0659 e. The maximum Gasteiger partial charge on any atom is 0.0659 e. The van der Waals surface area contributed by atoms with Crippen molar-refractivity contribution in [3.8, 4) is 0 Å². The number of rotatable bonds is 3. The van der Waals surface area contributed by atoms with Gasteiger partial charge in [-0.1, -0.05) is 68.5 Å². The molecule has 104 valence electrons. The molecule has 0 aliphatic rings. The lowest BCUT2D eigenvalue weighted by atomic mass is 10.1.